The monoisotopic (exact) mass is 311 g/mol. The fourth-order valence-corrected chi connectivity index (χ4v) is 2.26. The normalized spacial score (nSPS) is 16.6. The van der Waals surface area contributed by atoms with Crippen LogP contribution in [0.2, 0.25) is 10.0 Å². The lowest BCUT2D eigenvalue weighted by atomic mass is 10.1. The second kappa shape index (κ2) is 5.69. The van der Waals surface area contributed by atoms with Gasteiger partial charge in [-0.25, -0.2) is 9.79 Å². The maximum absolute atomic E-state index is 11.6. The van der Waals surface area contributed by atoms with Crippen LogP contribution in [-0.2, 0) is 9.53 Å². The molecule has 1 heterocycles. The number of nitrogens with zero attached hydrogens (tertiary/aromatic N) is 1. The van der Waals surface area contributed by atoms with Gasteiger partial charge in [0.1, 0.15) is 11.3 Å². The molecular formula is C14H11Cl2NO3. The van der Waals surface area contributed by atoms with Gasteiger partial charge in [-0.05, 0) is 30.7 Å². The molecule has 0 aliphatic carbocycles. The summed E-state index contributed by atoms with van der Waals surface area (Å²) < 4.78 is 4.60. The second-order valence-electron chi connectivity index (χ2n) is 4.11. The molecule has 0 saturated heterocycles. The number of carbonyl (C=O) groups excluding carboxylic acids is 1. The van der Waals surface area contributed by atoms with Gasteiger partial charge < -0.3 is 9.84 Å². The Balaban J connectivity index is 2.47. The molecule has 0 unspecified atom stereocenters. The fraction of sp³-hybridized carbons (Fsp3) is 0.143. The van der Waals surface area contributed by atoms with E-state index in [1.807, 2.05) is 0 Å². The number of esters is 1. The molecule has 104 valence electrons. The minimum Gasteiger partial charge on any atom is -0.505 e. The molecule has 20 heavy (non-hydrogen) atoms. The first-order valence-corrected chi connectivity index (χ1v) is 6.44. The summed E-state index contributed by atoms with van der Waals surface area (Å²) in [7, 11) is 1.24. The Labute approximate surface area is 126 Å². The number of carbonyl (C=O) groups is 1. The maximum Gasteiger partial charge on any atom is 0.343 e. The fourth-order valence-electron chi connectivity index (χ4n) is 1.80. The molecule has 6 heteroatoms. The molecule has 0 fully saturated rings. The molecule has 0 aromatic heterocycles. The summed E-state index contributed by atoms with van der Waals surface area (Å²) in [6.07, 6.45) is 1.58. The summed E-state index contributed by atoms with van der Waals surface area (Å²) in [5, 5.41) is 11.0. The van der Waals surface area contributed by atoms with Crippen molar-refractivity contribution in [3.63, 3.8) is 0 Å². The van der Waals surface area contributed by atoms with Gasteiger partial charge >= 0.3 is 5.97 Å². The van der Waals surface area contributed by atoms with Crippen molar-refractivity contribution < 1.29 is 14.6 Å². The standard InChI is InChI=1S/C14H11Cl2NO3/c1-7-12(14(19)20-2)13(18)11(17-7)5-8-3-4-9(15)6-10(8)16/h3-6,18H,1-2H3/b11-5+. The maximum atomic E-state index is 11.6. The van der Waals surface area contributed by atoms with Gasteiger partial charge in [-0.1, -0.05) is 29.3 Å². The van der Waals surface area contributed by atoms with Gasteiger partial charge in [-0.3, -0.25) is 0 Å². The molecule has 1 aliphatic heterocycles. The molecule has 0 atom stereocenters. The molecule has 0 bridgehead atoms. The SMILES string of the molecule is COC(=O)C1=C(O)/C(=C\c2ccc(Cl)cc2Cl)N=C1C. The topological polar surface area (TPSA) is 58.9 Å². The number of hydrogen-bond donors (Lipinski definition) is 1. The smallest absolute Gasteiger partial charge is 0.343 e. The van der Waals surface area contributed by atoms with Gasteiger partial charge in [0.25, 0.3) is 0 Å². The number of ether oxygens (including phenoxy) is 1. The highest BCUT2D eigenvalue weighted by Crippen LogP contribution is 2.29. The van der Waals surface area contributed by atoms with Gasteiger partial charge in [-0.15, -0.1) is 0 Å². The van der Waals surface area contributed by atoms with E-state index in [1.165, 1.54) is 7.11 Å². The van der Waals surface area contributed by atoms with Crippen LogP contribution in [0, 0.1) is 0 Å². The molecule has 1 aromatic rings. The Kier molecular flexibility index (Phi) is 4.16. The predicted octanol–water partition coefficient (Wildman–Crippen LogP) is 3.79. The third-order valence-corrected chi connectivity index (χ3v) is 3.34. The lowest BCUT2D eigenvalue weighted by molar-refractivity contribution is -0.135. The van der Waals surface area contributed by atoms with Crippen molar-refractivity contribution in [3.05, 3.63) is 50.8 Å². The van der Waals surface area contributed by atoms with Gasteiger partial charge in [-0.2, -0.15) is 0 Å². The van der Waals surface area contributed by atoms with E-state index in [0.717, 1.165) is 0 Å². The summed E-state index contributed by atoms with van der Waals surface area (Å²) in [5.41, 5.74) is 1.35. The zero-order chi connectivity index (χ0) is 14.9. The summed E-state index contributed by atoms with van der Waals surface area (Å²) >= 11 is 11.9. The Morgan fingerprint density at radius 1 is 1.40 bits per heavy atom. The van der Waals surface area contributed by atoms with E-state index >= 15 is 0 Å². The van der Waals surface area contributed by atoms with E-state index in [2.05, 4.69) is 9.73 Å². The van der Waals surface area contributed by atoms with Crippen molar-refractivity contribution in [1.82, 2.24) is 0 Å². The van der Waals surface area contributed by atoms with E-state index < -0.39 is 5.97 Å². The molecule has 1 N–H and O–H groups in total. The summed E-state index contributed by atoms with van der Waals surface area (Å²) in [4.78, 5) is 15.7. The van der Waals surface area contributed by atoms with E-state index in [4.69, 9.17) is 23.2 Å². The average Bonchev–Trinajstić information content (AvgIpc) is 2.67. The first-order chi connectivity index (χ1) is 9.43. The molecule has 2 rings (SSSR count). The van der Waals surface area contributed by atoms with Crippen LogP contribution < -0.4 is 0 Å². The van der Waals surface area contributed by atoms with Crippen LogP contribution in [0.1, 0.15) is 12.5 Å². The summed E-state index contributed by atoms with van der Waals surface area (Å²) in [6, 6.07) is 4.96. The molecule has 0 radical (unpaired) electrons. The third kappa shape index (κ3) is 2.71. The highest BCUT2D eigenvalue weighted by Gasteiger charge is 2.27. The van der Waals surface area contributed by atoms with E-state index in [0.29, 0.717) is 21.3 Å². The zero-order valence-corrected chi connectivity index (χ0v) is 12.3. The van der Waals surface area contributed by atoms with Crippen LogP contribution in [-0.4, -0.2) is 23.9 Å². The van der Waals surface area contributed by atoms with Crippen LogP contribution >= 0.6 is 23.2 Å². The molecule has 0 spiro atoms. The van der Waals surface area contributed by atoms with Crippen molar-refractivity contribution >= 4 is 41.0 Å². The van der Waals surface area contributed by atoms with Crippen molar-refractivity contribution in [2.45, 2.75) is 6.92 Å². The van der Waals surface area contributed by atoms with Crippen LogP contribution in [0.15, 0.2) is 40.2 Å². The van der Waals surface area contributed by atoms with Crippen LogP contribution in [0.3, 0.4) is 0 Å². The number of aliphatic imine (C=N–C) groups is 1. The zero-order valence-electron chi connectivity index (χ0n) is 10.8. The van der Waals surface area contributed by atoms with Gasteiger partial charge in [0.15, 0.2) is 5.76 Å². The Bertz CT molecular complexity index is 675. The molecule has 0 amide bonds. The highest BCUT2D eigenvalue weighted by atomic mass is 35.5. The first-order valence-electron chi connectivity index (χ1n) is 5.68. The second-order valence-corrected chi connectivity index (χ2v) is 4.95. The number of halogens is 2. The predicted molar refractivity (Wildman–Crippen MR) is 79.2 cm³/mol. The average molecular weight is 312 g/mol. The van der Waals surface area contributed by atoms with E-state index in [9.17, 15) is 9.90 Å². The minimum absolute atomic E-state index is 0.0591. The molecular weight excluding hydrogens is 301 g/mol. The number of aliphatic hydroxyl groups excluding tert-OH is 1. The largest absolute Gasteiger partial charge is 0.505 e. The molecule has 1 aliphatic rings. The van der Waals surface area contributed by atoms with Gasteiger partial charge in [0.2, 0.25) is 0 Å². The number of methoxy groups -OCH3 is 1. The Morgan fingerprint density at radius 3 is 2.70 bits per heavy atom. The quantitative estimate of drug-likeness (QED) is 0.845. The molecule has 1 aromatic carbocycles. The summed E-state index contributed by atoms with van der Waals surface area (Å²) in [5.74, 6) is -0.852. The van der Waals surface area contributed by atoms with Crippen LogP contribution in [0.5, 0.6) is 0 Å². The van der Waals surface area contributed by atoms with Crippen molar-refractivity contribution in [3.8, 4) is 0 Å². The number of aliphatic hydroxyl groups is 1. The van der Waals surface area contributed by atoms with Crippen molar-refractivity contribution in [1.29, 1.82) is 0 Å². The van der Waals surface area contributed by atoms with Gasteiger partial charge in [0.05, 0.1) is 12.8 Å². The molecule has 4 nitrogen and oxygen atoms in total. The molecule has 0 saturated carbocycles. The van der Waals surface area contributed by atoms with Crippen molar-refractivity contribution in [2.75, 3.05) is 7.11 Å². The third-order valence-electron chi connectivity index (χ3n) is 2.77. The lowest BCUT2D eigenvalue weighted by Crippen LogP contribution is -2.11. The summed E-state index contributed by atoms with van der Waals surface area (Å²) in [6.45, 7) is 1.62. The Morgan fingerprint density at radius 2 is 2.10 bits per heavy atom. The first kappa shape index (κ1) is 14.6. The number of hydrogen-bond acceptors (Lipinski definition) is 4. The number of rotatable bonds is 2. The minimum atomic E-state index is -0.630. The van der Waals surface area contributed by atoms with E-state index in [1.54, 1.807) is 31.2 Å². The van der Waals surface area contributed by atoms with Crippen molar-refractivity contribution in [2.24, 2.45) is 4.99 Å². The number of benzene rings is 1. The lowest BCUT2D eigenvalue weighted by Gasteiger charge is -2.02. The van der Waals surface area contributed by atoms with Gasteiger partial charge in [0, 0.05) is 10.0 Å². The van der Waals surface area contributed by atoms with Crippen LogP contribution in [0.25, 0.3) is 6.08 Å². The highest BCUT2D eigenvalue weighted by molar-refractivity contribution is 6.35. The van der Waals surface area contributed by atoms with Crippen LogP contribution in [0.4, 0.5) is 0 Å². The Hall–Kier alpha value is -1.78. The van der Waals surface area contributed by atoms with E-state index in [-0.39, 0.29) is 17.0 Å².